The number of hydrogen-bond acceptors (Lipinski definition) is 4. The van der Waals surface area contributed by atoms with Gasteiger partial charge < -0.3 is 14.9 Å². The fraction of sp³-hybridized carbons (Fsp3) is 0.263. The number of anilines is 1. The van der Waals surface area contributed by atoms with Crippen molar-refractivity contribution < 1.29 is 14.4 Å². The van der Waals surface area contributed by atoms with Gasteiger partial charge in [-0.1, -0.05) is 35.0 Å². The second kappa shape index (κ2) is 8.72. The van der Waals surface area contributed by atoms with Gasteiger partial charge in [-0.2, -0.15) is 0 Å². The molecule has 2 rings (SSSR count). The van der Waals surface area contributed by atoms with E-state index in [4.69, 9.17) is 9.57 Å². The summed E-state index contributed by atoms with van der Waals surface area (Å²) in [5, 5.41) is 6.58. The molecule has 2 aromatic rings. The molecule has 0 aliphatic carbocycles. The minimum absolute atomic E-state index is 0.0701. The van der Waals surface area contributed by atoms with Crippen molar-refractivity contribution in [1.29, 1.82) is 0 Å². The topological polar surface area (TPSA) is 59.9 Å². The zero-order chi connectivity index (χ0) is 17.4. The third kappa shape index (κ3) is 5.76. The molecule has 126 valence electrons. The van der Waals surface area contributed by atoms with Crippen LogP contribution in [0.3, 0.4) is 0 Å². The highest BCUT2D eigenvalue weighted by Crippen LogP contribution is 2.17. The van der Waals surface area contributed by atoms with E-state index in [1.54, 1.807) is 0 Å². The highest BCUT2D eigenvalue weighted by atomic mass is 16.6. The summed E-state index contributed by atoms with van der Waals surface area (Å²) in [6, 6.07) is 15.1. The van der Waals surface area contributed by atoms with E-state index in [1.165, 1.54) is 6.21 Å². The van der Waals surface area contributed by atoms with Crippen LogP contribution in [0.5, 0.6) is 5.75 Å². The first kappa shape index (κ1) is 17.5. The lowest BCUT2D eigenvalue weighted by Crippen LogP contribution is -2.16. The van der Waals surface area contributed by atoms with E-state index < -0.39 is 0 Å². The minimum Gasteiger partial charge on any atom is -0.490 e. The van der Waals surface area contributed by atoms with Crippen molar-refractivity contribution >= 4 is 17.8 Å². The van der Waals surface area contributed by atoms with Crippen LogP contribution in [0.25, 0.3) is 0 Å². The lowest BCUT2D eigenvalue weighted by Gasteiger charge is -2.11. The fourth-order valence-corrected chi connectivity index (χ4v) is 1.97. The monoisotopic (exact) mass is 326 g/mol. The maximum atomic E-state index is 11.8. The number of amides is 1. The first-order valence-electron chi connectivity index (χ1n) is 7.82. The van der Waals surface area contributed by atoms with Crippen molar-refractivity contribution in [2.24, 2.45) is 5.16 Å². The molecule has 0 radical (unpaired) electrons. The second-order valence-electron chi connectivity index (χ2n) is 5.63. The van der Waals surface area contributed by atoms with E-state index in [-0.39, 0.29) is 18.6 Å². The van der Waals surface area contributed by atoms with Crippen molar-refractivity contribution in [1.82, 2.24) is 0 Å². The van der Waals surface area contributed by atoms with Crippen LogP contribution in [-0.4, -0.2) is 24.8 Å². The molecule has 5 heteroatoms. The van der Waals surface area contributed by atoms with E-state index in [0.29, 0.717) is 0 Å². The number of rotatable bonds is 7. The van der Waals surface area contributed by atoms with Gasteiger partial charge in [0.15, 0.2) is 6.61 Å². The summed E-state index contributed by atoms with van der Waals surface area (Å²) in [4.78, 5) is 16.8. The summed E-state index contributed by atoms with van der Waals surface area (Å²) >= 11 is 0. The SMILES string of the molecule is Cc1ccc(NC(=O)CO/N=C/c2ccccc2OC(C)C)cc1. The Kier molecular flexibility index (Phi) is 6.37. The molecular weight excluding hydrogens is 304 g/mol. The van der Waals surface area contributed by atoms with Crippen molar-refractivity contribution in [3.8, 4) is 5.75 Å². The number of nitrogens with zero attached hydrogens (tertiary/aromatic N) is 1. The summed E-state index contributed by atoms with van der Waals surface area (Å²) in [6.45, 7) is 5.75. The van der Waals surface area contributed by atoms with Crippen LogP contribution in [0, 0.1) is 6.92 Å². The Hall–Kier alpha value is -2.82. The third-order valence-electron chi connectivity index (χ3n) is 3.08. The summed E-state index contributed by atoms with van der Waals surface area (Å²) in [5.74, 6) is 0.465. The zero-order valence-corrected chi connectivity index (χ0v) is 14.2. The fourth-order valence-electron chi connectivity index (χ4n) is 1.97. The number of oxime groups is 1. The number of nitrogens with one attached hydrogen (secondary N) is 1. The molecule has 1 N–H and O–H groups in total. The van der Waals surface area contributed by atoms with Gasteiger partial charge in [-0.25, -0.2) is 0 Å². The predicted octanol–water partition coefficient (Wildman–Crippen LogP) is 3.77. The Morgan fingerprint density at radius 3 is 2.58 bits per heavy atom. The molecule has 24 heavy (non-hydrogen) atoms. The number of benzene rings is 2. The van der Waals surface area contributed by atoms with E-state index >= 15 is 0 Å². The Balaban J connectivity index is 1.84. The lowest BCUT2D eigenvalue weighted by atomic mass is 10.2. The average Bonchev–Trinajstić information content (AvgIpc) is 2.55. The van der Waals surface area contributed by atoms with Crippen LogP contribution in [0.4, 0.5) is 5.69 Å². The van der Waals surface area contributed by atoms with Crippen LogP contribution in [0.15, 0.2) is 53.7 Å². The summed E-state index contributed by atoms with van der Waals surface area (Å²) in [5.41, 5.74) is 2.66. The lowest BCUT2D eigenvalue weighted by molar-refractivity contribution is -0.120. The van der Waals surface area contributed by atoms with Gasteiger partial charge in [-0.15, -0.1) is 0 Å². The maximum absolute atomic E-state index is 11.8. The van der Waals surface area contributed by atoms with Gasteiger partial charge in [0, 0.05) is 11.3 Å². The van der Waals surface area contributed by atoms with Gasteiger partial charge in [0.2, 0.25) is 0 Å². The molecule has 0 atom stereocenters. The molecule has 0 spiro atoms. The highest BCUT2D eigenvalue weighted by molar-refractivity contribution is 5.91. The smallest absolute Gasteiger partial charge is 0.265 e. The summed E-state index contributed by atoms with van der Waals surface area (Å²) in [7, 11) is 0. The standard InChI is InChI=1S/C19H22N2O3/c1-14(2)24-18-7-5-4-6-16(18)12-20-23-13-19(22)21-17-10-8-15(3)9-11-17/h4-12,14H,13H2,1-3H3,(H,21,22)/b20-12+. The van der Waals surface area contributed by atoms with Gasteiger partial charge in [0.1, 0.15) is 5.75 Å². The average molecular weight is 326 g/mol. The summed E-state index contributed by atoms with van der Waals surface area (Å²) < 4.78 is 5.69. The van der Waals surface area contributed by atoms with Gasteiger partial charge in [-0.3, -0.25) is 4.79 Å². The van der Waals surface area contributed by atoms with Gasteiger partial charge >= 0.3 is 0 Å². The first-order chi connectivity index (χ1) is 11.5. The molecule has 0 bridgehead atoms. The van der Waals surface area contributed by atoms with Crippen LogP contribution in [-0.2, 0) is 9.63 Å². The van der Waals surface area contributed by atoms with E-state index in [9.17, 15) is 4.79 Å². The molecule has 0 aliphatic heterocycles. The minimum atomic E-state index is -0.261. The molecule has 0 heterocycles. The number of carbonyl (C=O) groups excluding carboxylic acids is 1. The molecule has 0 unspecified atom stereocenters. The summed E-state index contributed by atoms with van der Waals surface area (Å²) in [6.07, 6.45) is 1.61. The Labute approximate surface area is 142 Å². The predicted molar refractivity (Wildman–Crippen MR) is 95.6 cm³/mol. The van der Waals surface area contributed by atoms with Crippen molar-refractivity contribution in [3.05, 3.63) is 59.7 Å². The molecule has 1 amide bonds. The normalized spacial score (nSPS) is 10.8. The van der Waals surface area contributed by atoms with Crippen LogP contribution >= 0.6 is 0 Å². The molecule has 5 nitrogen and oxygen atoms in total. The number of aryl methyl sites for hydroxylation is 1. The first-order valence-corrected chi connectivity index (χ1v) is 7.82. The quantitative estimate of drug-likeness (QED) is 0.622. The molecule has 2 aromatic carbocycles. The third-order valence-corrected chi connectivity index (χ3v) is 3.08. The Morgan fingerprint density at radius 1 is 1.17 bits per heavy atom. The van der Waals surface area contributed by atoms with E-state index in [0.717, 1.165) is 22.6 Å². The zero-order valence-electron chi connectivity index (χ0n) is 14.2. The molecule has 0 aliphatic rings. The molecule has 0 saturated carbocycles. The maximum Gasteiger partial charge on any atom is 0.265 e. The van der Waals surface area contributed by atoms with Crippen molar-refractivity contribution in [3.63, 3.8) is 0 Å². The molecule has 0 saturated heterocycles. The molecular formula is C19H22N2O3. The number of carbonyl (C=O) groups is 1. The second-order valence-corrected chi connectivity index (χ2v) is 5.63. The van der Waals surface area contributed by atoms with Crippen molar-refractivity contribution in [2.45, 2.75) is 26.9 Å². The number of hydrogen-bond donors (Lipinski definition) is 1. The van der Waals surface area contributed by atoms with E-state index in [2.05, 4.69) is 10.5 Å². The van der Waals surface area contributed by atoms with Gasteiger partial charge in [0.05, 0.1) is 12.3 Å². The van der Waals surface area contributed by atoms with Crippen molar-refractivity contribution in [2.75, 3.05) is 11.9 Å². The van der Waals surface area contributed by atoms with E-state index in [1.807, 2.05) is 69.3 Å². The van der Waals surface area contributed by atoms with Gasteiger partial charge in [-0.05, 0) is 45.0 Å². The Morgan fingerprint density at radius 2 is 1.88 bits per heavy atom. The number of para-hydroxylation sites is 1. The van der Waals surface area contributed by atoms with Crippen LogP contribution < -0.4 is 10.1 Å². The van der Waals surface area contributed by atoms with Crippen LogP contribution in [0.2, 0.25) is 0 Å². The molecule has 0 fully saturated rings. The molecule has 0 aromatic heterocycles. The van der Waals surface area contributed by atoms with Crippen LogP contribution in [0.1, 0.15) is 25.0 Å². The van der Waals surface area contributed by atoms with Gasteiger partial charge in [0.25, 0.3) is 5.91 Å². The highest BCUT2D eigenvalue weighted by Gasteiger charge is 2.04. The Bertz CT molecular complexity index is 694. The number of ether oxygens (including phenoxy) is 1. The largest absolute Gasteiger partial charge is 0.490 e.